The highest BCUT2D eigenvalue weighted by atomic mass is 16.5. The number of nitrogens with zero attached hydrogens (tertiary/aromatic N) is 1. The normalized spacial score (nSPS) is 16.0. The second-order valence-corrected chi connectivity index (χ2v) is 5.05. The lowest BCUT2D eigenvalue weighted by atomic mass is 10.1. The summed E-state index contributed by atoms with van der Waals surface area (Å²) in [5.74, 6) is 0.646. The highest BCUT2D eigenvalue weighted by molar-refractivity contribution is 5.22. The largest absolute Gasteiger partial charge is 0.490 e. The number of hydrogen-bond acceptors (Lipinski definition) is 3. The van der Waals surface area contributed by atoms with Crippen molar-refractivity contribution in [3.8, 4) is 0 Å². The molecule has 1 aliphatic heterocycles. The molecule has 0 atom stereocenters. The van der Waals surface area contributed by atoms with E-state index in [4.69, 9.17) is 9.47 Å². The molecule has 0 N–H and O–H groups in total. The smallest absolute Gasteiger partial charge is 0.113 e. The molecule has 2 rings (SSSR count). The minimum absolute atomic E-state index is 0.540. The number of ether oxygens (including phenoxy) is 2. The van der Waals surface area contributed by atoms with Crippen LogP contribution < -0.4 is 0 Å². The van der Waals surface area contributed by atoms with E-state index in [1.165, 1.54) is 5.56 Å². The lowest BCUT2D eigenvalue weighted by molar-refractivity contribution is 0.0342. The molecule has 1 aliphatic rings. The number of allylic oxidation sites excluding steroid dienone is 3. The zero-order chi connectivity index (χ0) is 14.9. The van der Waals surface area contributed by atoms with Gasteiger partial charge in [0.15, 0.2) is 0 Å². The molecule has 21 heavy (non-hydrogen) atoms. The molecule has 0 aromatic heterocycles. The molecule has 0 radical (unpaired) electrons. The summed E-state index contributed by atoms with van der Waals surface area (Å²) in [5.41, 5.74) is 2.47. The van der Waals surface area contributed by atoms with Gasteiger partial charge >= 0.3 is 0 Å². The number of rotatable bonds is 7. The summed E-state index contributed by atoms with van der Waals surface area (Å²) in [6.45, 7) is 12.7. The molecule has 0 unspecified atom stereocenters. The van der Waals surface area contributed by atoms with Gasteiger partial charge in [-0.2, -0.15) is 0 Å². The van der Waals surface area contributed by atoms with Crippen molar-refractivity contribution in [1.29, 1.82) is 0 Å². The molecule has 3 heteroatoms. The number of benzene rings is 1. The van der Waals surface area contributed by atoms with Crippen LogP contribution in [-0.2, 0) is 22.6 Å². The molecule has 112 valence electrons. The molecule has 0 amide bonds. The van der Waals surface area contributed by atoms with Crippen LogP contribution in [0.1, 0.15) is 11.1 Å². The first-order valence-corrected chi connectivity index (χ1v) is 7.26. The van der Waals surface area contributed by atoms with Crippen LogP contribution >= 0.6 is 0 Å². The predicted octanol–water partition coefficient (Wildman–Crippen LogP) is 3.29. The maximum Gasteiger partial charge on any atom is 0.113 e. The van der Waals surface area contributed by atoms with Gasteiger partial charge in [0.05, 0.1) is 13.2 Å². The van der Waals surface area contributed by atoms with Crippen LogP contribution in [0.3, 0.4) is 0 Å². The first-order valence-electron chi connectivity index (χ1n) is 7.26. The van der Waals surface area contributed by atoms with Crippen LogP contribution in [0.25, 0.3) is 0 Å². The first kappa shape index (κ1) is 15.5. The molecule has 0 bridgehead atoms. The van der Waals surface area contributed by atoms with Gasteiger partial charge in [-0.05, 0) is 17.2 Å². The lowest BCUT2D eigenvalue weighted by Crippen LogP contribution is -2.35. The Morgan fingerprint density at radius 1 is 1.19 bits per heavy atom. The van der Waals surface area contributed by atoms with Gasteiger partial charge in [0, 0.05) is 19.6 Å². The zero-order valence-electron chi connectivity index (χ0n) is 12.5. The van der Waals surface area contributed by atoms with E-state index in [2.05, 4.69) is 42.3 Å². The maximum atomic E-state index is 5.56. The summed E-state index contributed by atoms with van der Waals surface area (Å²) in [7, 11) is 0. The topological polar surface area (TPSA) is 21.7 Å². The lowest BCUT2D eigenvalue weighted by Gasteiger charge is -2.26. The van der Waals surface area contributed by atoms with E-state index in [-0.39, 0.29) is 0 Å². The van der Waals surface area contributed by atoms with Crippen molar-refractivity contribution in [3.05, 3.63) is 72.5 Å². The van der Waals surface area contributed by atoms with E-state index in [1.54, 1.807) is 12.2 Å². The number of morpholine rings is 1. The summed E-state index contributed by atoms with van der Waals surface area (Å²) in [6.07, 6.45) is 5.32. The van der Waals surface area contributed by atoms with Gasteiger partial charge in [0.2, 0.25) is 0 Å². The highest BCUT2D eigenvalue weighted by Crippen LogP contribution is 2.11. The second-order valence-electron chi connectivity index (χ2n) is 5.05. The fourth-order valence-electron chi connectivity index (χ4n) is 2.16. The molecule has 1 aromatic carbocycles. The van der Waals surface area contributed by atoms with E-state index in [9.17, 15) is 0 Å². The van der Waals surface area contributed by atoms with Gasteiger partial charge < -0.3 is 9.47 Å². The molecule has 1 heterocycles. The monoisotopic (exact) mass is 285 g/mol. The minimum atomic E-state index is 0.540. The van der Waals surface area contributed by atoms with Crippen LogP contribution in [0, 0.1) is 0 Å². The van der Waals surface area contributed by atoms with Crippen LogP contribution in [0.2, 0.25) is 0 Å². The summed E-state index contributed by atoms with van der Waals surface area (Å²) >= 11 is 0. The first-order chi connectivity index (χ1) is 10.3. The van der Waals surface area contributed by atoms with E-state index in [0.29, 0.717) is 12.4 Å². The fourth-order valence-corrected chi connectivity index (χ4v) is 2.16. The summed E-state index contributed by atoms with van der Waals surface area (Å²) in [5, 5.41) is 0. The van der Waals surface area contributed by atoms with Gasteiger partial charge in [-0.1, -0.05) is 49.6 Å². The van der Waals surface area contributed by atoms with Crippen molar-refractivity contribution in [2.24, 2.45) is 0 Å². The summed E-state index contributed by atoms with van der Waals surface area (Å²) in [6, 6.07) is 8.55. The third kappa shape index (κ3) is 5.58. The van der Waals surface area contributed by atoms with Gasteiger partial charge in [-0.15, -0.1) is 0 Å². The molecular weight excluding hydrogens is 262 g/mol. The van der Waals surface area contributed by atoms with Crippen molar-refractivity contribution < 1.29 is 9.47 Å². The Morgan fingerprint density at radius 2 is 1.86 bits per heavy atom. The molecule has 1 aromatic rings. The average Bonchev–Trinajstić information content (AvgIpc) is 2.53. The van der Waals surface area contributed by atoms with Crippen molar-refractivity contribution in [2.45, 2.75) is 13.2 Å². The van der Waals surface area contributed by atoms with Crippen LogP contribution in [-0.4, -0.2) is 31.2 Å². The van der Waals surface area contributed by atoms with Crippen LogP contribution in [0.15, 0.2) is 61.4 Å². The molecule has 0 saturated carbocycles. The Labute approximate surface area is 127 Å². The van der Waals surface area contributed by atoms with Crippen LogP contribution in [0.5, 0.6) is 0 Å². The third-order valence-corrected chi connectivity index (χ3v) is 3.38. The minimum Gasteiger partial charge on any atom is -0.490 e. The Kier molecular flexibility index (Phi) is 6.25. The SMILES string of the molecule is C=CC=CC(=C)OCc1ccc(CN2CCOCC2)cc1. The van der Waals surface area contributed by atoms with E-state index in [0.717, 1.165) is 38.4 Å². The quantitative estimate of drug-likeness (QED) is 0.567. The Balaban J connectivity index is 1.79. The highest BCUT2D eigenvalue weighted by Gasteiger charge is 2.10. The van der Waals surface area contributed by atoms with Crippen molar-refractivity contribution >= 4 is 0 Å². The van der Waals surface area contributed by atoms with Crippen LogP contribution in [0.4, 0.5) is 0 Å². The van der Waals surface area contributed by atoms with E-state index >= 15 is 0 Å². The van der Waals surface area contributed by atoms with E-state index in [1.807, 2.05) is 6.08 Å². The molecule has 1 fully saturated rings. The van der Waals surface area contributed by atoms with Gasteiger partial charge in [-0.3, -0.25) is 4.90 Å². The maximum absolute atomic E-state index is 5.56. The summed E-state index contributed by atoms with van der Waals surface area (Å²) in [4.78, 5) is 2.41. The Morgan fingerprint density at radius 3 is 2.52 bits per heavy atom. The molecular formula is C18H23NO2. The number of hydrogen-bond donors (Lipinski definition) is 0. The molecule has 1 saturated heterocycles. The average molecular weight is 285 g/mol. The van der Waals surface area contributed by atoms with E-state index < -0.39 is 0 Å². The van der Waals surface area contributed by atoms with Gasteiger partial charge in [-0.25, -0.2) is 0 Å². The molecule has 0 aliphatic carbocycles. The van der Waals surface area contributed by atoms with Crippen molar-refractivity contribution in [2.75, 3.05) is 26.3 Å². The standard InChI is InChI=1S/C18H23NO2/c1-3-4-5-16(2)21-15-18-8-6-17(7-9-18)14-19-10-12-20-13-11-19/h3-9H,1-2,10-15H2. The second kappa shape index (κ2) is 8.45. The summed E-state index contributed by atoms with van der Waals surface area (Å²) < 4.78 is 10.9. The Hall–Kier alpha value is -1.84. The van der Waals surface area contributed by atoms with Crippen molar-refractivity contribution in [3.63, 3.8) is 0 Å². The third-order valence-electron chi connectivity index (χ3n) is 3.38. The molecule has 0 spiro atoms. The van der Waals surface area contributed by atoms with Crippen molar-refractivity contribution in [1.82, 2.24) is 4.90 Å². The Bertz CT molecular complexity index is 484. The predicted molar refractivity (Wildman–Crippen MR) is 85.8 cm³/mol. The zero-order valence-corrected chi connectivity index (χ0v) is 12.5. The van der Waals surface area contributed by atoms with Gasteiger partial charge in [0.25, 0.3) is 0 Å². The molecule has 3 nitrogen and oxygen atoms in total. The fraction of sp³-hybridized carbons (Fsp3) is 0.333. The van der Waals surface area contributed by atoms with Gasteiger partial charge in [0.1, 0.15) is 12.4 Å².